The Morgan fingerprint density at radius 2 is 2.25 bits per heavy atom. The fourth-order valence-electron chi connectivity index (χ4n) is 1.73. The Labute approximate surface area is 124 Å². The van der Waals surface area contributed by atoms with E-state index in [1.807, 2.05) is 18.3 Å². The molecule has 0 aromatic carbocycles. The molecule has 2 heterocycles. The molecule has 0 amide bonds. The predicted molar refractivity (Wildman–Crippen MR) is 79.7 cm³/mol. The number of hydrogen-bond donors (Lipinski definition) is 2. The second-order valence-corrected chi connectivity index (χ2v) is 4.96. The summed E-state index contributed by atoms with van der Waals surface area (Å²) < 4.78 is 1.64. The van der Waals surface area contributed by atoms with Gasteiger partial charge in [0.15, 0.2) is 0 Å². The van der Waals surface area contributed by atoms with Crippen LogP contribution in [0.5, 0.6) is 0 Å². The summed E-state index contributed by atoms with van der Waals surface area (Å²) >= 11 is 3.26. The highest BCUT2D eigenvalue weighted by molar-refractivity contribution is 9.10. The van der Waals surface area contributed by atoms with Crippen molar-refractivity contribution in [3.05, 3.63) is 51.1 Å². The maximum Gasteiger partial charge on any atom is 0.283 e. The van der Waals surface area contributed by atoms with E-state index >= 15 is 0 Å². The van der Waals surface area contributed by atoms with Crippen LogP contribution in [0.15, 0.2) is 40.0 Å². The van der Waals surface area contributed by atoms with E-state index in [2.05, 4.69) is 31.3 Å². The highest BCUT2D eigenvalue weighted by Gasteiger charge is 2.07. The van der Waals surface area contributed by atoms with Crippen LogP contribution in [0.25, 0.3) is 0 Å². The summed E-state index contributed by atoms with van der Waals surface area (Å²) in [5.74, 6) is 0. The number of nitrogens with zero attached hydrogens (tertiary/aromatic N) is 3. The quantitative estimate of drug-likeness (QED) is 0.822. The van der Waals surface area contributed by atoms with Crippen molar-refractivity contribution in [3.8, 4) is 0 Å². The summed E-state index contributed by atoms with van der Waals surface area (Å²) in [4.78, 5) is 16.0. The standard InChI is InChI=1S/C13H15BrN4O2/c14-12-11(9-17-18(6-7-19)13(12)20)16-5-3-10-2-1-4-15-8-10/h1-2,4,8-9,16,19H,3,5-7H2. The zero-order valence-corrected chi connectivity index (χ0v) is 12.4. The van der Waals surface area contributed by atoms with Crippen molar-refractivity contribution in [2.24, 2.45) is 0 Å². The number of rotatable bonds is 6. The number of halogens is 1. The lowest BCUT2D eigenvalue weighted by Gasteiger charge is -2.09. The van der Waals surface area contributed by atoms with Crippen LogP contribution >= 0.6 is 15.9 Å². The lowest BCUT2D eigenvalue weighted by atomic mass is 10.2. The van der Waals surface area contributed by atoms with Gasteiger partial charge in [0.05, 0.1) is 25.0 Å². The van der Waals surface area contributed by atoms with Gasteiger partial charge in [-0.3, -0.25) is 9.78 Å². The Balaban J connectivity index is 2.00. The summed E-state index contributed by atoms with van der Waals surface area (Å²) in [5.41, 5.74) is 1.51. The number of aliphatic hydroxyl groups excluding tert-OH is 1. The molecule has 0 aliphatic carbocycles. The van der Waals surface area contributed by atoms with Crippen molar-refractivity contribution in [1.82, 2.24) is 14.8 Å². The first-order chi connectivity index (χ1) is 9.72. The van der Waals surface area contributed by atoms with Crippen LogP contribution in [0, 0.1) is 0 Å². The minimum absolute atomic E-state index is 0.118. The van der Waals surface area contributed by atoms with Crippen LogP contribution in [0.3, 0.4) is 0 Å². The summed E-state index contributed by atoms with van der Waals surface area (Å²) in [7, 11) is 0. The van der Waals surface area contributed by atoms with E-state index < -0.39 is 0 Å². The molecule has 0 aliphatic heterocycles. The SMILES string of the molecule is O=c1c(Br)c(NCCc2cccnc2)cnn1CCO. The molecule has 106 valence electrons. The minimum Gasteiger partial charge on any atom is -0.394 e. The predicted octanol–water partition coefficient (Wildman–Crippen LogP) is 1.05. The van der Waals surface area contributed by atoms with E-state index in [0.717, 1.165) is 12.0 Å². The first-order valence-corrected chi connectivity index (χ1v) is 7.01. The van der Waals surface area contributed by atoms with E-state index in [9.17, 15) is 4.79 Å². The molecule has 7 heteroatoms. The number of hydrogen-bond acceptors (Lipinski definition) is 5. The van der Waals surface area contributed by atoms with Crippen LogP contribution in [0.1, 0.15) is 5.56 Å². The lowest BCUT2D eigenvalue weighted by molar-refractivity contribution is 0.266. The number of aliphatic hydroxyl groups is 1. The third kappa shape index (κ3) is 3.64. The van der Waals surface area contributed by atoms with Gasteiger partial charge < -0.3 is 10.4 Å². The first kappa shape index (κ1) is 14.7. The molecular formula is C13H15BrN4O2. The third-order valence-electron chi connectivity index (χ3n) is 2.75. The average molecular weight is 339 g/mol. The van der Waals surface area contributed by atoms with Gasteiger partial charge in [-0.1, -0.05) is 6.07 Å². The van der Waals surface area contributed by atoms with E-state index in [4.69, 9.17) is 5.11 Å². The van der Waals surface area contributed by atoms with Crippen LogP contribution in [-0.4, -0.2) is 33.0 Å². The van der Waals surface area contributed by atoms with E-state index in [1.165, 1.54) is 4.68 Å². The van der Waals surface area contributed by atoms with Crippen molar-refractivity contribution in [3.63, 3.8) is 0 Å². The van der Waals surface area contributed by atoms with E-state index in [0.29, 0.717) is 16.7 Å². The number of aromatic nitrogens is 3. The maximum atomic E-state index is 11.9. The Hall–Kier alpha value is -1.73. The fraction of sp³-hybridized carbons (Fsp3) is 0.308. The fourth-order valence-corrected chi connectivity index (χ4v) is 2.18. The van der Waals surface area contributed by atoms with E-state index in [-0.39, 0.29) is 18.7 Å². The van der Waals surface area contributed by atoms with Crippen molar-refractivity contribution < 1.29 is 5.11 Å². The smallest absolute Gasteiger partial charge is 0.283 e. The molecule has 0 unspecified atom stereocenters. The van der Waals surface area contributed by atoms with Gasteiger partial charge in [0, 0.05) is 18.9 Å². The van der Waals surface area contributed by atoms with Gasteiger partial charge in [-0.25, -0.2) is 4.68 Å². The normalized spacial score (nSPS) is 10.5. The topological polar surface area (TPSA) is 80.0 Å². The number of pyridine rings is 1. The molecule has 2 aromatic heterocycles. The molecule has 2 N–H and O–H groups in total. The largest absolute Gasteiger partial charge is 0.394 e. The third-order valence-corrected chi connectivity index (χ3v) is 3.51. The Morgan fingerprint density at radius 3 is 2.95 bits per heavy atom. The van der Waals surface area contributed by atoms with Crippen molar-refractivity contribution >= 4 is 21.6 Å². The molecule has 20 heavy (non-hydrogen) atoms. The summed E-state index contributed by atoms with van der Waals surface area (Å²) in [6.07, 6.45) is 5.93. The number of nitrogens with one attached hydrogen (secondary N) is 1. The monoisotopic (exact) mass is 338 g/mol. The Morgan fingerprint density at radius 1 is 1.40 bits per heavy atom. The number of anilines is 1. The summed E-state index contributed by atoms with van der Waals surface area (Å²) in [5, 5.41) is 16.0. The van der Waals surface area contributed by atoms with Crippen LogP contribution in [-0.2, 0) is 13.0 Å². The molecule has 2 aromatic rings. The van der Waals surface area contributed by atoms with Crippen molar-refractivity contribution in [2.45, 2.75) is 13.0 Å². The highest BCUT2D eigenvalue weighted by atomic mass is 79.9. The zero-order valence-electron chi connectivity index (χ0n) is 10.8. The molecule has 0 saturated carbocycles. The van der Waals surface area contributed by atoms with Gasteiger partial charge in [-0.15, -0.1) is 0 Å². The summed E-state index contributed by atoms with van der Waals surface area (Å²) in [6.45, 7) is 0.746. The van der Waals surface area contributed by atoms with Crippen LogP contribution in [0.2, 0.25) is 0 Å². The molecular weight excluding hydrogens is 324 g/mol. The molecule has 0 atom stereocenters. The summed E-state index contributed by atoms with van der Waals surface area (Å²) in [6, 6.07) is 3.89. The zero-order chi connectivity index (χ0) is 14.4. The molecule has 0 radical (unpaired) electrons. The Bertz CT molecular complexity index is 616. The molecule has 0 fully saturated rings. The second-order valence-electron chi connectivity index (χ2n) is 4.16. The maximum absolute atomic E-state index is 11.9. The first-order valence-electron chi connectivity index (χ1n) is 6.21. The molecule has 0 bridgehead atoms. The van der Waals surface area contributed by atoms with Crippen LogP contribution in [0.4, 0.5) is 5.69 Å². The molecule has 2 rings (SSSR count). The molecule has 0 aliphatic rings. The van der Waals surface area contributed by atoms with Gasteiger partial charge in [0.1, 0.15) is 4.47 Å². The van der Waals surface area contributed by atoms with Gasteiger partial charge >= 0.3 is 0 Å². The van der Waals surface area contributed by atoms with E-state index in [1.54, 1.807) is 12.4 Å². The van der Waals surface area contributed by atoms with Gasteiger partial charge in [-0.2, -0.15) is 5.10 Å². The second kappa shape index (κ2) is 7.16. The van der Waals surface area contributed by atoms with Crippen molar-refractivity contribution in [2.75, 3.05) is 18.5 Å². The van der Waals surface area contributed by atoms with Gasteiger partial charge in [0.25, 0.3) is 5.56 Å². The van der Waals surface area contributed by atoms with Gasteiger partial charge in [-0.05, 0) is 34.0 Å². The Kier molecular flexibility index (Phi) is 5.25. The van der Waals surface area contributed by atoms with Crippen molar-refractivity contribution in [1.29, 1.82) is 0 Å². The van der Waals surface area contributed by atoms with Crippen LogP contribution < -0.4 is 10.9 Å². The highest BCUT2D eigenvalue weighted by Crippen LogP contribution is 2.15. The lowest BCUT2D eigenvalue weighted by Crippen LogP contribution is -2.26. The van der Waals surface area contributed by atoms with Gasteiger partial charge in [0.2, 0.25) is 0 Å². The average Bonchev–Trinajstić information content (AvgIpc) is 2.48. The molecule has 0 saturated heterocycles. The molecule has 6 nitrogen and oxygen atoms in total. The minimum atomic E-state index is -0.259. The molecule has 0 spiro atoms.